The molecule has 5 nitrogen and oxygen atoms in total. The second-order valence-electron chi connectivity index (χ2n) is 7.44. The van der Waals surface area contributed by atoms with Gasteiger partial charge < -0.3 is 14.4 Å². The second-order valence-corrected chi connectivity index (χ2v) is 7.44. The molecule has 144 valence electrons. The molecule has 0 aliphatic carbocycles. The van der Waals surface area contributed by atoms with Gasteiger partial charge in [0.15, 0.2) is 0 Å². The minimum absolute atomic E-state index is 0.0939. The van der Waals surface area contributed by atoms with Crippen molar-refractivity contribution in [3.05, 3.63) is 71.2 Å². The molecule has 0 saturated carbocycles. The quantitative estimate of drug-likeness (QED) is 0.702. The number of likely N-dealkylation sites (N-methyl/N-ethyl adjacent to an activating group) is 1. The van der Waals surface area contributed by atoms with Crippen molar-refractivity contribution in [1.29, 1.82) is 0 Å². The van der Waals surface area contributed by atoms with Crippen LogP contribution in [0.2, 0.25) is 0 Å². The van der Waals surface area contributed by atoms with E-state index in [9.17, 15) is 14.0 Å². The van der Waals surface area contributed by atoms with Gasteiger partial charge in [-0.05, 0) is 23.8 Å². The van der Waals surface area contributed by atoms with E-state index >= 15 is 0 Å². The summed E-state index contributed by atoms with van der Waals surface area (Å²) >= 11 is 0. The molecular formula is C22H22FN3O2. The largest absolute Gasteiger partial charge is 0.348 e. The molecule has 1 unspecified atom stereocenters. The smallest absolute Gasteiger partial charge is 0.271 e. The number of halogens is 1. The van der Waals surface area contributed by atoms with E-state index in [1.54, 1.807) is 36.7 Å². The first-order valence-corrected chi connectivity index (χ1v) is 9.20. The van der Waals surface area contributed by atoms with Crippen LogP contribution in [-0.4, -0.2) is 46.8 Å². The van der Waals surface area contributed by atoms with Gasteiger partial charge in [-0.15, -0.1) is 0 Å². The number of hydrogen-bond acceptors (Lipinski definition) is 2. The number of benzene rings is 2. The average molecular weight is 379 g/mol. The van der Waals surface area contributed by atoms with Crippen molar-refractivity contribution in [2.45, 2.75) is 12.5 Å². The number of nitrogens with zero attached hydrogens (tertiary/aromatic N) is 3. The summed E-state index contributed by atoms with van der Waals surface area (Å²) in [6.45, 7) is 0.694. The monoisotopic (exact) mass is 379 g/mol. The maximum atomic E-state index is 14.0. The molecule has 1 aromatic heterocycles. The number of amides is 2. The summed E-state index contributed by atoms with van der Waals surface area (Å²) in [5.41, 5.74) is 2.84. The molecule has 0 bridgehead atoms. The van der Waals surface area contributed by atoms with Crippen molar-refractivity contribution in [2.75, 3.05) is 20.6 Å². The highest BCUT2D eigenvalue weighted by Crippen LogP contribution is 2.38. The van der Waals surface area contributed by atoms with Crippen LogP contribution in [-0.2, 0) is 18.4 Å². The zero-order chi connectivity index (χ0) is 20.0. The van der Waals surface area contributed by atoms with Gasteiger partial charge in [0.2, 0.25) is 5.91 Å². The van der Waals surface area contributed by atoms with E-state index in [0.29, 0.717) is 23.2 Å². The molecule has 1 aliphatic heterocycles. The van der Waals surface area contributed by atoms with E-state index in [1.807, 2.05) is 30.3 Å². The Morgan fingerprint density at radius 3 is 2.57 bits per heavy atom. The van der Waals surface area contributed by atoms with Crippen molar-refractivity contribution >= 4 is 22.7 Å². The zero-order valence-corrected chi connectivity index (χ0v) is 16.1. The Labute approximate surface area is 163 Å². The highest BCUT2D eigenvalue weighted by Gasteiger charge is 2.40. The fraction of sp³-hybridized carbons (Fsp3) is 0.273. The van der Waals surface area contributed by atoms with Crippen molar-refractivity contribution in [2.24, 2.45) is 7.05 Å². The van der Waals surface area contributed by atoms with Gasteiger partial charge in [-0.2, -0.15) is 0 Å². The maximum Gasteiger partial charge on any atom is 0.271 e. The Bertz CT molecular complexity index is 1070. The summed E-state index contributed by atoms with van der Waals surface area (Å²) < 4.78 is 15.7. The normalized spacial score (nSPS) is 16.4. The van der Waals surface area contributed by atoms with E-state index in [4.69, 9.17) is 0 Å². The van der Waals surface area contributed by atoms with E-state index in [0.717, 1.165) is 11.1 Å². The van der Waals surface area contributed by atoms with Crippen molar-refractivity contribution in [1.82, 2.24) is 14.4 Å². The van der Waals surface area contributed by atoms with Gasteiger partial charge in [0.25, 0.3) is 5.91 Å². The molecule has 4 rings (SSSR count). The predicted octanol–water partition coefficient (Wildman–Crippen LogP) is 3.15. The van der Waals surface area contributed by atoms with Gasteiger partial charge in [0, 0.05) is 50.7 Å². The number of aryl methyl sites for hydroxylation is 1. The summed E-state index contributed by atoms with van der Waals surface area (Å²) in [7, 11) is 5.19. The Hall–Kier alpha value is -3.15. The highest BCUT2D eigenvalue weighted by molar-refractivity contribution is 6.06. The molecule has 0 saturated heterocycles. The van der Waals surface area contributed by atoms with Gasteiger partial charge in [-0.1, -0.05) is 30.3 Å². The molecule has 0 fully saturated rings. The fourth-order valence-electron chi connectivity index (χ4n) is 4.05. The molecular weight excluding hydrogens is 357 g/mol. The Morgan fingerprint density at radius 2 is 1.89 bits per heavy atom. The van der Waals surface area contributed by atoms with Crippen LogP contribution < -0.4 is 0 Å². The van der Waals surface area contributed by atoms with Gasteiger partial charge in [-0.25, -0.2) is 4.39 Å². The summed E-state index contributed by atoms with van der Waals surface area (Å²) in [5.74, 6) is -1.14. The predicted molar refractivity (Wildman–Crippen MR) is 105 cm³/mol. The van der Waals surface area contributed by atoms with Crippen molar-refractivity contribution in [3.8, 4) is 0 Å². The SMILES string of the molecule is CN(C)C(=O)C1CN(Cc2ccccc2)C(=O)c2c1c1cc(F)ccc1n2C. The maximum absolute atomic E-state index is 14.0. The van der Waals surface area contributed by atoms with Gasteiger partial charge in [0.1, 0.15) is 11.5 Å². The number of aromatic nitrogens is 1. The van der Waals surface area contributed by atoms with E-state index < -0.39 is 5.92 Å². The number of rotatable bonds is 3. The molecule has 28 heavy (non-hydrogen) atoms. The summed E-state index contributed by atoms with van der Waals surface area (Å²) in [5, 5.41) is 0.630. The molecule has 0 N–H and O–H groups in total. The third kappa shape index (κ3) is 2.85. The molecule has 0 spiro atoms. The van der Waals surface area contributed by atoms with Crippen LogP contribution in [0.25, 0.3) is 10.9 Å². The molecule has 1 atom stereocenters. The number of carbonyl (C=O) groups is 2. The summed E-state index contributed by atoms with van der Waals surface area (Å²) in [4.78, 5) is 29.5. The molecule has 1 aliphatic rings. The lowest BCUT2D eigenvalue weighted by Crippen LogP contribution is -2.44. The molecule has 2 heterocycles. The fourth-order valence-corrected chi connectivity index (χ4v) is 4.05. The first-order valence-electron chi connectivity index (χ1n) is 9.20. The summed E-state index contributed by atoms with van der Waals surface area (Å²) in [6.07, 6.45) is 0. The molecule has 3 aromatic rings. The average Bonchev–Trinajstić information content (AvgIpc) is 2.96. The standard InChI is InChI=1S/C22H22FN3O2/c1-24(2)21(27)17-13-26(12-14-7-5-4-6-8-14)22(28)20-19(17)16-11-15(23)9-10-18(16)25(20)3/h4-11,17H,12-13H2,1-3H3. The molecule has 6 heteroatoms. The second kappa shape index (κ2) is 6.78. The molecule has 2 aromatic carbocycles. The van der Waals surface area contributed by atoms with E-state index in [2.05, 4.69) is 0 Å². The van der Waals surface area contributed by atoms with Crippen LogP contribution >= 0.6 is 0 Å². The lowest BCUT2D eigenvalue weighted by molar-refractivity contribution is -0.130. The first kappa shape index (κ1) is 18.2. The van der Waals surface area contributed by atoms with Crippen LogP contribution in [0, 0.1) is 5.82 Å². The minimum Gasteiger partial charge on any atom is -0.348 e. The lowest BCUT2D eigenvalue weighted by Gasteiger charge is -2.34. The molecule has 2 amide bonds. The Kier molecular flexibility index (Phi) is 4.41. The number of carbonyl (C=O) groups excluding carboxylic acids is 2. The van der Waals surface area contributed by atoms with Crippen LogP contribution in [0.4, 0.5) is 4.39 Å². The third-order valence-electron chi connectivity index (χ3n) is 5.40. The van der Waals surface area contributed by atoms with Crippen LogP contribution in [0.15, 0.2) is 48.5 Å². The number of fused-ring (bicyclic) bond motifs is 3. The van der Waals surface area contributed by atoms with Gasteiger partial charge in [0.05, 0.1) is 5.92 Å². The minimum atomic E-state index is -0.531. The number of hydrogen-bond donors (Lipinski definition) is 0. The van der Waals surface area contributed by atoms with Crippen LogP contribution in [0.5, 0.6) is 0 Å². The van der Waals surface area contributed by atoms with Crippen LogP contribution in [0.3, 0.4) is 0 Å². The third-order valence-corrected chi connectivity index (χ3v) is 5.40. The Morgan fingerprint density at radius 1 is 1.18 bits per heavy atom. The van der Waals surface area contributed by atoms with Crippen LogP contribution in [0.1, 0.15) is 27.5 Å². The van der Waals surface area contributed by atoms with Gasteiger partial charge >= 0.3 is 0 Å². The topological polar surface area (TPSA) is 45.6 Å². The molecule has 0 radical (unpaired) electrons. The lowest BCUT2D eigenvalue weighted by atomic mass is 9.90. The van der Waals surface area contributed by atoms with E-state index in [-0.39, 0.29) is 24.2 Å². The van der Waals surface area contributed by atoms with Crippen molar-refractivity contribution in [3.63, 3.8) is 0 Å². The Balaban J connectivity index is 1.88. The van der Waals surface area contributed by atoms with E-state index in [1.165, 1.54) is 17.0 Å². The zero-order valence-electron chi connectivity index (χ0n) is 16.1. The first-order chi connectivity index (χ1) is 13.4. The van der Waals surface area contributed by atoms with Gasteiger partial charge in [-0.3, -0.25) is 9.59 Å². The highest BCUT2D eigenvalue weighted by atomic mass is 19.1. The van der Waals surface area contributed by atoms with Crippen molar-refractivity contribution < 1.29 is 14.0 Å². The summed E-state index contributed by atoms with van der Waals surface area (Å²) in [6, 6.07) is 14.2.